The van der Waals surface area contributed by atoms with E-state index in [1.54, 1.807) is 12.1 Å². The lowest BCUT2D eigenvalue weighted by molar-refractivity contribution is -0.125. The summed E-state index contributed by atoms with van der Waals surface area (Å²) in [5, 5.41) is 11.8. The predicted molar refractivity (Wildman–Crippen MR) is 120 cm³/mol. The number of nitrogens with zero attached hydrogens (tertiary/aromatic N) is 4. The fourth-order valence-corrected chi connectivity index (χ4v) is 4.51. The van der Waals surface area contributed by atoms with E-state index in [0.717, 1.165) is 50.3 Å². The minimum atomic E-state index is -0.266. The summed E-state index contributed by atoms with van der Waals surface area (Å²) in [6.07, 6.45) is 6.85. The van der Waals surface area contributed by atoms with Crippen LogP contribution in [0.2, 0.25) is 0 Å². The zero-order valence-corrected chi connectivity index (χ0v) is 18.1. The summed E-state index contributed by atoms with van der Waals surface area (Å²) >= 11 is 0. The van der Waals surface area contributed by atoms with E-state index in [-0.39, 0.29) is 17.6 Å². The standard InChI is InChI=1S/C24H32FN5O/c25-21-9-7-19(8-10-21)22-11-12-23(28-27-22)30-17-4-6-20(18-30)24(31)26-13-5-16-29-14-2-1-3-15-29/h7-12,20H,1-6,13-18H2,(H,26,31)/t20-/m0/s1. The van der Waals surface area contributed by atoms with Crippen molar-refractivity contribution < 1.29 is 9.18 Å². The molecule has 2 aromatic rings. The highest BCUT2D eigenvalue weighted by molar-refractivity contribution is 5.79. The average Bonchev–Trinajstić information content (AvgIpc) is 2.83. The number of likely N-dealkylation sites (tertiary alicyclic amines) is 1. The summed E-state index contributed by atoms with van der Waals surface area (Å²) in [6, 6.07) is 10.1. The molecule has 1 aromatic carbocycles. The van der Waals surface area contributed by atoms with Crippen LogP contribution in [0.5, 0.6) is 0 Å². The van der Waals surface area contributed by atoms with Crippen molar-refractivity contribution in [1.29, 1.82) is 0 Å². The third-order valence-electron chi connectivity index (χ3n) is 6.31. The number of benzene rings is 1. The maximum Gasteiger partial charge on any atom is 0.224 e. The minimum absolute atomic E-state index is 0.0117. The first kappa shape index (κ1) is 21.7. The molecule has 31 heavy (non-hydrogen) atoms. The molecule has 6 nitrogen and oxygen atoms in total. The number of nitrogens with one attached hydrogen (secondary N) is 1. The lowest BCUT2D eigenvalue weighted by atomic mass is 9.97. The fourth-order valence-electron chi connectivity index (χ4n) is 4.51. The first-order valence-electron chi connectivity index (χ1n) is 11.5. The van der Waals surface area contributed by atoms with E-state index in [9.17, 15) is 9.18 Å². The first-order chi connectivity index (χ1) is 15.2. The van der Waals surface area contributed by atoms with Crippen LogP contribution in [0.4, 0.5) is 10.2 Å². The van der Waals surface area contributed by atoms with Crippen molar-refractivity contribution in [3.8, 4) is 11.3 Å². The van der Waals surface area contributed by atoms with Crippen LogP contribution in [0.25, 0.3) is 11.3 Å². The van der Waals surface area contributed by atoms with Crippen LogP contribution in [0.15, 0.2) is 36.4 Å². The van der Waals surface area contributed by atoms with Crippen LogP contribution in [0.3, 0.4) is 0 Å². The molecule has 2 aliphatic heterocycles. The predicted octanol–water partition coefficient (Wildman–Crippen LogP) is 3.49. The van der Waals surface area contributed by atoms with E-state index in [1.165, 1.54) is 44.5 Å². The molecule has 7 heteroatoms. The van der Waals surface area contributed by atoms with Crippen LogP contribution in [0, 0.1) is 11.7 Å². The SMILES string of the molecule is O=C(NCCCN1CCCCC1)[C@H]1CCCN(c2ccc(-c3ccc(F)cc3)nn2)C1. The van der Waals surface area contributed by atoms with Crippen LogP contribution in [-0.4, -0.2) is 60.3 Å². The van der Waals surface area contributed by atoms with Gasteiger partial charge in [-0.05, 0) is 88.1 Å². The molecule has 1 N–H and O–H groups in total. The summed E-state index contributed by atoms with van der Waals surface area (Å²) in [4.78, 5) is 17.3. The Morgan fingerprint density at radius 2 is 1.81 bits per heavy atom. The van der Waals surface area contributed by atoms with Gasteiger partial charge in [-0.25, -0.2) is 4.39 Å². The van der Waals surface area contributed by atoms with Crippen molar-refractivity contribution in [2.75, 3.05) is 44.2 Å². The quantitative estimate of drug-likeness (QED) is 0.688. The molecule has 4 rings (SSSR count). The zero-order chi connectivity index (χ0) is 21.5. The highest BCUT2D eigenvalue weighted by Crippen LogP contribution is 2.23. The maximum absolute atomic E-state index is 13.1. The van der Waals surface area contributed by atoms with Crippen molar-refractivity contribution in [3.05, 3.63) is 42.2 Å². The van der Waals surface area contributed by atoms with Crippen LogP contribution in [0.1, 0.15) is 38.5 Å². The fraction of sp³-hybridized carbons (Fsp3) is 0.542. The van der Waals surface area contributed by atoms with Gasteiger partial charge in [-0.1, -0.05) is 6.42 Å². The van der Waals surface area contributed by atoms with Crippen molar-refractivity contribution in [3.63, 3.8) is 0 Å². The molecule has 2 saturated heterocycles. The molecule has 1 atom stereocenters. The van der Waals surface area contributed by atoms with E-state index >= 15 is 0 Å². The smallest absolute Gasteiger partial charge is 0.224 e. The number of hydrogen-bond acceptors (Lipinski definition) is 5. The molecule has 1 aromatic heterocycles. The molecule has 0 bridgehead atoms. The van der Waals surface area contributed by atoms with Gasteiger partial charge in [-0.2, -0.15) is 0 Å². The number of aromatic nitrogens is 2. The van der Waals surface area contributed by atoms with E-state index in [4.69, 9.17) is 0 Å². The number of piperidine rings is 2. The minimum Gasteiger partial charge on any atom is -0.356 e. The van der Waals surface area contributed by atoms with Gasteiger partial charge in [-0.3, -0.25) is 4.79 Å². The molecule has 2 aliphatic rings. The van der Waals surface area contributed by atoms with E-state index in [2.05, 4.69) is 25.3 Å². The summed E-state index contributed by atoms with van der Waals surface area (Å²) < 4.78 is 13.1. The van der Waals surface area contributed by atoms with Gasteiger partial charge in [-0.15, -0.1) is 10.2 Å². The Bertz CT molecular complexity index is 836. The summed E-state index contributed by atoms with van der Waals surface area (Å²) in [5.74, 6) is 0.660. The zero-order valence-electron chi connectivity index (χ0n) is 18.1. The Morgan fingerprint density at radius 3 is 2.55 bits per heavy atom. The normalized spacial score (nSPS) is 19.9. The van der Waals surface area contributed by atoms with E-state index < -0.39 is 0 Å². The maximum atomic E-state index is 13.1. The average molecular weight is 426 g/mol. The molecule has 0 radical (unpaired) electrons. The largest absolute Gasteiger partial charge is 0.356 e. The Kier molecular flexibility index (Phi) is 7.46. The van der Waals surface area contributed by atoms with Gasteiger partial charge in [0.05, 0.1) is 11.6 Å². The van der Waals surface area contributed by atoms with Gasteiger partial charge in [0.15, 0.2) is 5.82 Å². The second kappa shape index (κ2) is 10.7. The highest BCUT2D eigenvalue weighted by atomic mass is 19.1. The molecule has 166 valence electrons. The number of carbonyl (C=O) groups is 1. The van der Waals surface area contributed by atoms with Crippen LogP contribution in [-0.2, 0) is 4.79 Å². The Hall–Kier alpha value is -2.54. The molecule has 3 heterocycles. The van der Waals surface area contributed by atoms with Crippen molar-refractivity contribution in [2.24, 2.45) is 5.92 Å². The van der Waals surface area contributed by atoms with Crippen molar-refractivity contribution in [1.82, 2.24) is 20.4 Å². The third kappa shape index (κ3) is 6.00. The van der Waals surface area contributed by atoms with Gasteiger partial charge >= 0.3 is 0 Å². The monoisotopic (exact) mass is 425 g/mol. The number of rotatable bonds is 7. The van der Waals surface area contributed by atoms with Crippen molar-refractivity contribution >= 4 is 11.7 Å². The third-order valence-corrected chi connectivity index (χ3v) is 6.31. The van der Waals surface area contributed by atoms with Crippen LogP contribution < -0.4 is 10.2 Å². The first-order valence-corrected chi connectivity index (χ1v) is 11.5. The molecule has 2 fully saturated rings. The second-order valence-corrected chi connectivity index (χ2v) is 8.62. The Balaban J connectivity index is 1.25. The molecule has 0 aliphatic carbocycles. The molecule has 0 unspecified atom stereocenters. The highest BCUT2D eigenvalue weighted by Gasteiger charge is 2.26. The van der Waals surface area contributed by atoms with Gasteiger partial charge in [0.25, 0.3) is 0 Å². The number of amides is 1. The number of halogens is 1. The van der Waals surface area contributed by atoms with Gasteiger partial charge < -0.3 is 15.1 Å². The van der Waals surface area contributed by atoms with Gasteiger partial charge in [0.2, 0.25) is 5.91 Å². The molecular weight excluding hydrogens is 393 g/mol. The van der Waals surface area contributed by atoms with E-state index in [0.29, 0.717) is 12.2 Å². The summed E-state index contributed by atoms with van der Waals surface area (Å²) in [7, 11) is 0. The Labute approximate surface area is 183 Å². The second-order valence-electron chi connectivity index (χ2n) is 8.62. The Morgan fingerprint density at radius 1 is 1.00 bits per heavy atom. The topological polar surface area (TPSA) is 61.4 Å². The number of hydrogen-bond donors (Lipinski definition) is 1. The molecular formula is C24H32FN5O. The number of carbonyl (C=O) groups excluding carboxylic acids is 1. The summed E-state index contributed by atoms with van der Waals surface area (Å²) in [5.41, 5.74) is 1.55. The summed E-state index contributed by atoms with van der Waals surface area (Å²) in [6.45, 7) is 5.77. The van der Waals surface area contributed by atoms with Crippen molar-refractivity contribution in [2.45, 2.75) is 38.5 Å². The van der Waals surface area contributed by atoms with E-state index in [1.807, 2.05) is 12.1 Å². The van der Waals surface area contributed by atoms with Crippen LogP contribution >= 0.6 is 0 Å². The lowest BCUT2D eigenvalue weighted by Gasteiger charge is -2.32. The lowest BCUT2D eigenvalue weighted by Crippen LogP contribution is -2.44. The van der Waals surface area contributed by atoms with Gasteiger partial charge in [0.1, 0.15) is 5.82 Å². The molecule has 1 amide bonds. The molecule has 0 spiro atoms. The molecule has 0 saturated carbocycles. The van der Waals surface area contributed by atoms with Gasteiger partial charge in [0, 0.05) is 25.2 Å². The number of anilines is 1.